The number of aliphatic carboxylic acids is 2. The van der Waals surface area contributed by atoms with E-state index in [1.54, 1.807) is 71.9 Å². The molecule has 0 aromatic heterocycles. The molecule has 14 atom stereocenters. The number of aliphatic imine (C=N–C) groups is 2. The number of carbonyl (C=O) groups excluding carboxylic acids is 13. The van der Waals surface area contributed by atoms with Crippen molar-refractivity contribution in [3.8, 4) is 0 Å². The van der Waals surface area contributed by atoms with Gasteiger partial charge in [0.05, 0.1) is 19.0 Å². The van der Waals surface area contributed by atoms with Gasteiger partial charge in [-0.3, -0.25) is 77.1 Å². The molecule has 0 radical (unpaired) electrons. The van der Waals surface area contributed by atoms with Gasteiger partial charge in [-0.2, -0.15) is 0 Å². The lowest BCUT2D eigenvalue weighted by atomic mass is 9.97. The lowest BCUT2D eigenvalue weighted by molar-refractivity contribution is -0.143. The maximum Gasteiger partial charge on any atom is 0.326 e. The second kappa shape index (κ2) is 44.6. The standard InChI is InChI=1S/C62H104N20O17/c1-11-31(5)47(58(96)71-29-45(84)75-42(28-46(85)86)56(94)73-35(9)52(90)80-43(60(98)99)27-37-18-14-13-15-19-37)82-55(93)39(21-17-25-70-62(67)68)77-54(92)38(20-16-24-69-61(65)66)78-57(95)41(26-30(3)4)79-51(89)34(8)72-53(91)40(22-23-44(64)83)76-50(88)36(10)74-59(97)48(32(6)12-2)81-49(87)33(7)63/h13-15,18-19,30-36,38-43,47-48H,11-12,16-17,20-29,63H2,1-10H3,(H2,64,83)(H,71,96)(H,72,91)(H,73,94)(H,74,97)(H,75,84)(H,76,88)(H,77,92)(H,78,95)(H,79,89)(H,80,90)(H,81,87)(H,82,93)(H,85,86)(H,98,99)(H4,65,66,69)(H4,67,68,70)/t31-,32-,33-,34-,35-,36-,38-,39-,40-,41-,42-,43-,47-,48-/m0/s1. The summed E-state index contributed by atoms with van der Waals surface area (Å²) in [5, 5.41) is 48.9. The van der Waals surface area contributed by atoms with E-state index in [4.69, 9.17) is 34.4 Å². The highest BCUT2D eigenvalue weighted by molar-refractivity contribution is 6.00. The van der Waals surface area contributed by atoms with Gasteiger partial charge in [0.25, 0.3) is 0 Å². The molecule has 37 heteroatoms. The SMILES string of the molecule is CC[C@H](C)[C@H](NC(=O)[C@H](C)N)C(=O)N[C@@H](C)C(=O)N[C@@H](CCC(N)=O)C(=O)N[C@@H](C)C(=O)N[C@@H](CC(C)C)C(=O)N[C@@H](CCCN=C(N)N)C(=O)N[C@@H](CCCN=C(N)N)C(=O)N[C@H](C(=O)NCC(=O)N[C@@H](CC(=O)O)C(=O)N[C@@H](C)C(=O)N[C@@H](Cc1ccccc1)C(=O)O)[C@@H](C)CC. The quantitative estimate of drug-likeness (QED) is 0.0164. The summed E-state index contributed by atoms with van der Waals surface area (Å²) in [6.45, 7) is 14.4. The predicted molar refractivity (Wildman–Crippen MR) is 362 cm³/mol. The van der Waals surface area contributed by atoms with Gasteiger partial charge in [0, 0.05) is 25.9 Å². The van der Waals surface area contributed by atoms with Crippen LogP contribution in [0.3, 0.4) is 0 Å². The van der Waals surface area contributed by atoms with E-state index in [1.807, 2.05) is 0 Å². The largest absolute Gasteiger partial charge is 0.481 e. The first kappa shape index (κ1) is 86.8. The molecular formula is C62H104N20O17. The van der Waals surface area contributed by atoms with E-state index < -0.39 is 187 Å². The first-order chi connectivity index (χ1) is 46.3. The number of primary amides is 1. The van der Waals surface area contributed by atoms with Crippen molar-refractivity contribution in [2.75, 3.05) is 19.6 Å². The number of carboxylic acids is 2. The number of carboxylic acid groups (broad SMARTS) is 2. The lowest BCUT2D eigenvalue weighted by Crippen LogP contribution is -2.60. The van der Waals surface area contributed by atoms with Gasteiger partial charge in [-0.15, -0.1) is 0 Å². The van der Waals surface area contributed by atoms with Crippen LogP contribution in [0.5, 0.6) is 0 Å². The molecule has 0 bridgehead atoms. The number of hydrogen-bond acceptors (Lipinski definition) is 18. The molecule has 26 N–H and O–H groups in total. The van der Waals surface area contributed by atoms with E-state index in [-0.39, 0.29) is 88.2 Å². The van der Waals surface area contributed by atoms with Crippen molar-refractivity contribution in [3.63, 3.8) is 0 Å². The number of benzene rings is 1. The summed E-state index contributed by atoms with van der Waals surface area (Å²) in [5.74, 6) is -16.7. The van der Waals surface area contributed by atoms with E-state index in [0.29, 0.717) is 12.0 Å². The molecule has 0 aliphatic carbocycles. The molecule has 0 fully saturated rings. The summed E-state index contributed by atoms with van der Waals surface area (Å²) in [5.41, 5.74) is 33.8. The van der Waals surface area contributed by atoms with Crippen LogP contribution in [-0.4, -0.2) is 203 Å². The number of carbonyl (C=O) groups is 15. The van der Waals surface area contributed by atoms with Crippen molar-refractivity contribution in [2.45, 2.75) is 212 Å². The zero-order valence-electron chi connectivity index (χ0n) is 57.8. The van der Waals surface area contributed by atoms with Crippen LogP contribution in [0.15, 0.2) is 40.3 Å². The first-order valence-electron chi connectivity index (χ1n) is 32.6. The highest BCUT2D eigenvalue weighted by atomic mass is 16.4. The molecule has 0 spiro atoms. The second-order valence-electron chi connectivity index (χ2n) is 24.5. The Morgan fingerprint density at radius 2 is 0.838 bits per heavy atom. The van der Waals surface area contributed by atoms with E-state index in [1.165, 1.54) is 27.7 Å². The average Bonchev–Trinajstić information content (AvgIpc) is 0.905. The zero-order valence-corrected chi connectivity index (χ0v) is 57.8. The Bertz CT molecular complexity index is 3000. The molecule has 0 aliphatic rings. The molecule has 0 unspecified atom stereocenters. The summed E-state index contributed by atoms with van der Waals surface area (Å²) >= 11 is 0. The number of rotatable bonds is 46. The van der Waals surface area contributed by atoms with Gasteiger partial charge in [-0.1, -0.05) is 84.7 Å². The highest BCUT2D eigenvalue weighted by Crippen LogP contribution is 2.14. The fourth-order valence-electron chi connectivity index (χ4n) is 9.26. The fraction of sp³-hybridized carbons (Fsp3) is 0.629. The number of nitrogens with one attached hydrogen (secondary N) is 12. The van der Waals surface area contributed by atoms with E-state index in [9.17, 15) is 82.1 Å². The van der Waals surface area contributed by atoms with Gasteiger partial charge in [0.2, 0.25) is 76.8 Å². The maximum atomic E-state index is 14.5. The number of hydrogen-bond donors (Lipinski definition) is 20. The summed E-state index contributed by atoms with van der Waals surface area (Å²) in [7, 11) is 0. The van der Waals surface area contributed by atoms with Crippen molar-refractivity contribution < 1.29 is 82.1 Å². The molecule has 1 aromatic carbocycles. The van der Waals surface area contributed by atoms with Crippen molar-refractivity contribution in [3.05, 3.63) is 35.9 Å². The van der Waals surface area contributed by atoms with Gasteiger partial charge in [-0.25, -0.2) is 4.79 Å². The highest BCUT2D eigenvalue weighted by Gasteiger charge is 2.37. The molecule has 0 saturated carbocycles. The van der Waals surface area contributed by atoms with Gasteiger partial charge < -0.3 is 108 Å². The molecule has 0 heterocycles. The van der Waals surface area contributed by atoms with Crippen molar-refractivity contribution in [2.24, 2.45) is 62.1 Å². The van der Waals surface area contributed by atoms with Gasteiger partial charge in [0.1, 0.15) is 66.5 Å². The molecular weight excluding hydrogens is 1300 g/mol. The summed E-state index contributed by atoms with van der Waals surface area (Å²) in [6, 6.07) is -8.40. The van der Waals surface area contributed by atoms with Gasteiger partial charge in [-0.05, 0) is 89.5 Å². The Morgan fingerprint density at radius 3 is 1.27 bits per heavy atom. The second-order valence-corrected chi connectivity index (χ2v) is 24.5. The molecule has 1 rings (SSSR count). The average molecular weight is 1400 g/mol. The minimum absolute atomic E-state index is 0.0449. The molecule has 0 aliphatic heterocycles. The Hall–Kier alpha value is -10.2. The number of nitrogens with zero attached hydrogens (tertiary/aromatic N) is 2. The molecule has 0 saturated heterocycles. The maximum absolute atomic E-state index is 14.5. The minimum atomic E-state index is -1.82. The fourth-order valence-corrected chi connectivity index (χ4v) is 9.26. The van der Waals surface area contributed by atoms with Crippen LogP contribution in [0.2, 0.25) is 0 Å². The van der Waals surface area contributed by atoms with Crippen LogP contribution in [0.25, 0.3) is 0 Å². The van der Waals surface area contributed by atoms with Crippen molar-refractivity contribution in [1.29, 1.82) is 0 Å². The molecule has 13 amide bonds. The molecule has 1 aromatic rings. The van der Waals surface area contributed by atoms with Crippen LogP contribution >= 0.6 is 0 Å². The Kier molecular flexibility index (Phi) is 39.1. The Morgan fingerprint density at radius 1 is 0.444 bits per heavy atom. The first-order valence-corrected chi connectivity index (χ1v) is 32.6. The van der Waals surface area contributed by atoms with Crippen LogP contribution in [0.1, 0.15) is 139 Å². The third kappa shape index (κ3) is 34.0. The Balaban J connectivity index is 3.47. The number of amides is 13. The third-order valence-electron chi connectivity index (χ3n) is 15.4. The monoisotopic (exact) mass is 1400 g/mol. The van der Waals surface area contributed by atoms with E-state index in [2.05, 4.69) is 73.8 Å². The molecule has 37 nitrogen and oxygen atoms in total. The zero-order chi connectivity index (χ0) is 75.4. The van der Waals surface area contributed by atoms with Crippen LogP contribution < -0.4 is 98.2 Å². The normalized spacial score (nSPS) is 15.2. The van der Waals surface area contributed by atoms with E-state index >= 15 is 0 Å². The number of guanidine groups is 2. The van der Waals surface area contributed by atoms with Crippen LogP contribution in [0, 0.1) is 17.8 Å². The van der Waals surface area contributed by atoms with E-state index in [0.717, 1.165) is 0 Å². The smallest absolute Gasteiger partial charge is 0.326 e. The third-order valence-corrected chi connectivity index (χ3v) is 15.4. The Labute approximate surface area is 574 Å². The van der Waals surface area contributed by atoms with Crippen molar-refractivity contribution >= 4 is 101 Å². The topological polar surface area (TPSA) is 622 Å². The summed E-state index contributed by atoms with van der Waals surface area (Å²) in [6.07, 6.45) is -1.46. The van der Waals surface area contributed by atoms with Crippen LogP contribution in [0.4, 0.5) is 0 Å². The lowest BCUT2D eigenvalue weighted by Gasteiger charge is -2.29. The van der Waals surface area contributed by atoms with Gasteiger partial charge >= 0.3 is 11.9 Å². The van der Waals surface area contributed by atoms with Crippen molar-refractivity contribution in [1.82, 2.24) is 63.8 Å². The molecule has 99 heavy (non-hydrogen) atoms. The molecule has 554 valence electrons. The predicted octanol–water partition coefficient (Wildman–Crippen LogP) is -5.84. The summed E-state index contributed by atoms with van der Waals surface area (Å²) < 4.78 is 0. The summed E-state index contributed by atoms with van der Waals surface area (Å²) in [4.78, 5) is 207. The minimum Gasteiger partial charge on any atom is -0.481 e. The van der Waals surface area contributed by atoms with Gasteiger partial charge in [0.15, 0.2) is 11.9 Å². The van der Waals surface area contributed by atoms with Crippen LogP contribution in [-0.2, 0) is 78.3 Å². The number of nitrogens with two attached hydrogens (primary N) is 6.